The van der Waals surface area contributed by atoms with E-state index in [4.69, 9.17) is 10.7 Å². The van der Waals surface area contributed by atoms with E-state index >= 15 is 0 Å². The highest BCUT2D eigenvalue weighted by atomic mass is 32.2. The fourth-order valence-electron chi connectivity index (χ4n) is 3.99. The molecule has 1 aromatic carbocycles. The minimum Gasteiger partial charge on any atom is -0.392 e. The highest BCUT2D eigenvalue weighted by molar-refractivity contribution is 8.00. The molecule has 1 saturated heterocycles. The summed E-state index contributed by atoms with van der Waals surface area (Å²) in [4.78, 5) is 21.0. The molecule has 0 spiro atoms. The molecule has 2 atom stereocenters. The van der Waals surface area contributed by atoms with Crippen molar-refractivity contribution in [1.82, 2.24) is 9.88 Å². The van der Waals surface area contributed by atoms with Crippen LogP contribution in [0.3, 0.4) is 0 Å². The first-order chi connectivity index (χ1) is 15.9. The van der Waals surface area contributed by atoms with Crippen LogP contribution < -0.4 is 10.6 Å². The number of hydrogen-bond acceptors (Lipinski definition) is 8. The van der Waals surface area contributed by atoms with Crippen LogP contribution in [-0.2, 0) is 11.2 Å². The maximum absolute atomic E-state index is 12.3. The normalized spacial score (nSPS) is 16.7. The molecule has 1 unspecified atom stereocenters. The number of likely N-dealkylation sites (N-methyl/N-ethyl adjacent to an activating group) is 1. The van der Waals surface area contributed by atoms with Crippen LogP contribution in [0.1, 0.15) is 40.8 Å². The van der Waals surface area contributed by atoms with Crippen LogP contribution in [-0.4, -0.2) is 60.2 Å². The molecule has 3 rings (SSSR count). The van der Waals surface area contributed by atoms with Crippen LogP contribution in [0.5, 0.6) is 0 Å². The first-order valence-electron chi connectivity index (χ1n) is 10.9. The smallest absolute Gasteiger partial charge is 0.235 e. The number of nitriles is 2. The molecule has 0 bridgehead atoms. The number of likely N-dealkylation sites (tertiary alicyclic amines) is 1. The number of rotatable bonds is 9. The Labute approximate surface area is 198 Å². The van der Waals surface area contributed by atoms with Gasteiger partial charge >= 0.3 is 0 Å². The summed E-state index contributed by atoms with van der Waals surface area (Å²) in [5.41, 5.74) is 7.73. The molecule has 2 heterocycles. The van der Waals surface area contributed by atoms with Gasteiger partial charge in [0.2, 0.25) is 5.91 Å². The predicted octanol–water partition coefficient (Wildman–Crippen LogP) is 2.21. The number of aromatic nitrogens is 1. The number of pyridine rings is 1. The number of benzene rings is 1. The molecule has 0 aliphatic carbocycles. The maximum Gasteiger partial charge on any atom is 0.235 e. The van der Waals surface area contributed by atoms with Crippen LogP contribution >= 0.6 is 11.8 Å². The molecule has 2 aromatic rings. The molecular weight excluding hydrogens is 436 g/mol. The molecule has 1 aliphatic heterocycles. The number of nitrogens with zero attached hydrogens (tertiary/aromatic N) is 5. The van der Waals surface area contributed by atoms with Crippen molar-refractivity contribution in [3.05, 3.63) is 52.6 Å². The summed E-state index contributed by atoms with van der Waals surface area (Å²) in [6.07, 6.45) is 0.946. The van der Waals surface area contributed by atoms with Crippen molar-refractivity contribution in [3.8, 4) is 12.1 Å². The molecule has 33 heavy (non-hydrogen) atoms. The van der Waals surface area contributed by atoms with Crippen molar-refractivity contribution >= 4 is 23.5 Å². The lowest BCUT2D eigenvalue weighted by Gasteiger charge is -2.25. The summed E-state index contributed by atoms with van der Waals surface area (Å²) < 4.78 is 0. The van der Waals surface area contributed by atoms with Gasteiger partial charge in [-0.1, -0.05) is 49.0 Å². The highest BCUT2D eigenvalue weighted by Crippen LogP contribution is 2.39. The van der Waals surface area contributed by atoms with Gasteiger partial charge in [-0.15, -0.1) is 0 Å². The van der Waals surface area contributed by atoms with Gasteiger partial charge < -0.3 is 15.7 Å². The summed E-state index contributed by atoms with van der Waals surface area (Å²) in [6, 6.07) is 13.6. The fourth-order valence-corrected chi connectivity index (χ4v) is 5.05. The summed E-state index contributed by atoms with van der Waals surface area (Å²) >= 11 is 1.14. The van der Waals surface area contributed by atoms with E-state index in [1.54, 1.807) is 0 Å². The van der Waals surface area contributed by atoms with Crippen molar-refractivity contribution in [1.29, 1.82) is 10.5 Å². The number of carbonyl (C=O) groups is 1. The van der Waals surface area contributed by atoms with Gasteiger partial charge in [0.15, 0.2) is 0 Å². The summed E-state index contributed by atoms with van der Waals surface area (Å²) in [7, 11) is 1.86. The van der Waals surface area contributed by atoms with E-state index in [9.17, 15) is 20.4 Å². The average Bonchev–Trinajstić information content (AvgIpc) is 3.25. The monoisotopic (exact) mass is 464 g/mol. The molecule has 0 saturated carbocycles. The highest BCUT2D eigenvalue weighted by Gasteiger charge is 2.27. The van der Waals surface area contributed by atoms with E-state index in [0.717, 1.165) is 36.8 Å². The van der Waals surface area contributed by atoms with Crippen LogP contribution in [0.4, 0.5) is 5.82 Å². The minimum atomic E-state index is -0.715. The summed E-state index contributed by atoms with van der Waals surface area (Å²) in [5.74, 6) is -0.0475. The number of amides is 1. The van der Waals surface area contributed by atoms with Gasteiger partial charge in [-0.3, -0.25) is 9.69 Å². The average molecular weight is 465 g/mol. The second-order valence-electron chi connectivity index (χ2n) is 8.02. The van der Waals surface area contributed by atoms with E-state index in [0.29, 0.717) is 47.0 Å². The quantitative estimate of drug-likeness (QED) is 0.540. The standard InChI is InChI=1S/C24H28N6O2S/c1-3-18-19(13-25)23(29(2)11-12-30-10-9-17(31)15-30)28-24(20(18)14-26)33-21(22(27)32)16-7-5-4-6-8-16/h4-8,17,21,31H,3,9-12,15H2,1-2H3,(H2,27,32)/t17-,21?/m1/s1. The zero-order valence-corrected chi connectivity index (χ0v) is 19.7. The SMILES string of the molecule is CCc1c(C#N)c(SC(C(N)=O)c2ccccc2)nc(N(C)CCN2CC[C@@H](O)C2)c1C#N. The molecule has 172 valence electrons. The third-order valence-corrected chi connectivity index (χ3v) is 7.04. The van der Waals surface area contributed by atoms with E-state index in [2.05, 4.69) is 17.0 Å². The van der Waals surface area contributed by atoms with Crippen LogP contribution in [0.2, 0.25) is 0 Å². The summed E-state index contributed by atoms with van der Waals surface area (Å²) in [5, 5.41) is 29.2. The zero-order chi connectivity index (χ0) is 24.0. The predicted molar refractivity (Wildman–Crippen MR) is 128 cm³/mol. The van der Waals surface area contributed by atoms with Crippen LogP contribution in [0, 0.1) is 22.7 Å². The third kappa shape index (κ3) is 5.63. The van der Waals surface area contributed by atoms with Crippen LogP contribution in [0.25, 0.3) is 0 Å². The van der Waals surface area contributed by atoms with E-state index < -0.39 is 11.2 Å². The number of aliphatic hydroxyl groups is 1. The van der Waals surface area contributed by atoms with Crippen molar-refractivity contribution in [3.63, 3.8) is 0 Å². The van der Waals surface area contributed by atoms with Crippen molar-refractivity contribution in [2.24, 2.45) is 5.73 Å². The number of thioether (sulfide) groups is 1. The van der Waals surface area contributed by atoms with Crippen molar-refractivity contribution < 1.29 is 9.90 Å². The zero-order valence-electron chi connectivity index (χ0n) is 18.9. The van der Waals surface area contributed by atoms with Gasteiger partial charge in [0, 0.05) is 33.2 Å². The summed E-state index contributed by atoms with van der Waals surface area (Å²) in [6.45, 7) is 4.69. The number of aliphatic hydroxyl groups excluding tert-OH is 1. The van der Waals surface area contributed by atoms with Crippen molar-refractivity contribution in [2.75, 3.05) is 38.1 Å². The first-order valence-corrected chi connectivity index (χ1v) is 11.8. The molecular formula is C24H28N6O2S. The Morgan fingerprint density at radius 1 is 1.33 bits per heavy atom. The number of anilines is 1. The molecule has 0 radical (unpaired) electrons. The Bertz CT molecular complexity index is 1080. The molecule has 1 amide bonds. The largest absolute Gasteiger partial charge is 0.392 e. The minimum absolute atomic E-state index is 0.295. The van der Waals surface area contributed by atoms with Gasteiger partial charge in [-0.2, -0.15) is 10.5 Å². The van der Waals surface area contributed by atoms with Gasteiger partial charge in [-0.25, -0.2) is 4.98 Å². The Kier molecular flexibility index (Phi) is 8.29. The first kappa shape index (κ1) is 24.5. The second-order valence-corrected chi connectivity index (χ2v) is 9.12. The van der Waals surface area contributed by atoms with Gasteiger partial charge in [0.25, 0.3) is 0 Å². The second kappa shape index (κ2) is 11.2. The van der Waals surface area contributed by atoms with E-state index in [1.165, 1.54) is 0 Å². The lowest BCUT2D eigenvalue weighted by Crippen LogP contribution is -2.33. The van der Waals surface area contributed by atoms with Gasteiger partial charge in [0.05, 0.1) is 17.2 Å². The Hall–Kier alpha value is -3.11. The number of primary amides is 1. The Morgan fingerprint density at radius 3 is 2.58 bits per heavy atom. The topological polar surface area (TPSA) is 130 Å². The lowest BCUT2D eigenvalue weighted by molar-refractivity contribution is -0.117. The number of hydrogen-bond donors (Lipinski definition) is 2. The molecule has 9 heteroatoms. The Morgan fingerprint density at radius 2 is 2.03 bits per heavy atom. The number of β-amino-alcohol motifs (C(OH)–C–C–N with tert-alkyl or cyclic N) is 1. The van der Waals surface area contributed by atoms with E-state index in [-0.39, 0.29) is 6.10 Å². The fraction of sp³-hybridized carbons (Fsp3) is 0.417. The molecule has 1 fully saturated rings. The van der Waals surface area contributed by atoms with Gasteiger partial charge in [-0.05, 0) is 24.0 Å². The molecule has 8 nitrogen and oxygen atoms in total. The number of nitrogens with two attached hydrogens (primary N) is 1. The lowest BCUT2D eigenvalue weighted by atomic mass is 10.0. The molecule has 3 N–H and O–H groups in total. The molecule has 1 aliphatic rings. The molecule has 1 aromatic heterocycles. The van der Waals surface area contributed by atoms with Crippen molar-refractivity contribution in [2.45, 2.75) is 36.1 Å². The van der Waals surface area contributed by atoms with E-state index in [1.807, 2.05) is 49.2 Å². The van der Waals surface area contributed by atoms with Crippen LogP contribution in [0.15, 0.2) is 35.4 Å². The maximum atomic E-state index is 12.3. The third-order valence-electron chi connectivity index (χ3n) is 5.78. The van der Waals surface area contributed by atoms with Gasteiger partial charge in [0.1, 0.15) is 28.2 Å². The Balaban J connectivity index is 1.98. The number of carbonyl (C=O) groups excluding carboxylic acids is 1.